The highest BCUT2D eigenvalue weighted by atomic mass is 16.7. The molecule has 0 aromatic rings. The lowest BCUT2D eigenvalue weighted by atomic mass is 10.0. The van der Waals surface area contributed by atoms with E-state index in [1.165, 1.54) is 154 Å². The second-order valence-corrected chi connectivity index (χ2v) is 15.3. The molecule has 53 heavy (non-hydrogen) atoms. The summed E-state index contributed by atoms with van der Waals surface area (Å²) in [5.41, 5.74) is 2.79. The maximum atomic E-state index is 11.8. The fourth-order valence-corrected chi connectivity index (χ4v) is 6.41. The van der Waals surface area contributed by atoms with Gasteiger partial charge in [-0.1, -0.05) is 220 Å². The maximum Gasteiger partial charge on any atom is 0.440 e. The minimum Gasteiger partial charge on any atom is -0.463 e. The summed E-state index contributed by atoms with van der Waals surface area (Å²) in [4.78, 5) is 44.5. The van der Waals surface area contributed by atoms with Crippen LogP contribution >= 0.6 is 0 Å². The molecule has 0 atom stereocenters. The number of rotatable bonds is 39. The lowest BCUT2D eigenvalue weighted by Crippen LogP contribution is -2.33. The summed E-state index contributed by atoms with van der Waals surface area (Å²) in [6, 6.07) is 0. The Kier molecular flexibility index (Phi) is 46.6. The van der Waals surface area contributed by atoms with Gasteiger partial charge in [0.1, 0.15) is 0 Å². The lowest BCUT2D eigenvalue weighted by Gasteiger charge is -2.17. The number of hydroxylamine groups is 3. The van der Waals surface area contributed by atoms with Crippen molar-refractivity contribution in [1.82, 2.24) is 10.5 Å². The van der Waals surface area contributed by atoms with Gasteiger partial charge in [-0.3, -0.25) is 4.79 Å². The van der Waals surface area contributed by atoms with Crippen LogP contribution < -0.4 is 5.48 Å². The summed E-state index contributed by atoms with van der Waals surface area (Å²) in [6.07, 6.45) is 41.9. The van der Waals surface area contributed by atoms with Crippen LogP contribution in [-0.2, 0) is 19.3 Å². The molecule has 0 saturated carbocycles. The molecule has 8 nitrogen and oxygen atoms in total. The predicted molar refractivity (Wildman–Crippen MR) is 224 cm³/mol. The molecule has 0 unspecified atom stereocenters. The molecule has 0 bridgehead atoms. The fourth-order valence-electron chi connectivity index (χ4n) is 6.41. The Hall–Kier alpha value is -1.83. The minimum absolute atomic E-state index is 0.0986. The molecule has 0 aromatic heterocycles. The van der Waals surface area contributed by atoms with Crippen LogP contribution in [0.3, 0.4) is 0 Å². The third-order valence-corrected chi connectivity index (χ3v) is 9.93. The SMILES string of the molecule is CCCCCCCCCCCCCCCC(=O)ON(CCCCCC)C(=O)O.CCCCCCCCCCCCCCCC(=O)ONCCCCCC. The molecule has 1 amide bonds. The zero-order valence-corrected chi connectivity index (χ0v) is 35.8. The second-order valence-electron chi connectivity index (χ2n) is 15.3. The van der Waals surface area contributed by atoms with Gasteiger partial charge in [0.15, 0.2) is 0 Å². The van der Waals surface area contributed by atoms with E-state index < -0.39 is 12.1 Å². The third-order valence-electron chi connectivity index (χ3n) is 9.93. The molecule has 316 valence electrons. The van der Waals surface area contributed by atoms with Crippen LogP contribution in [0.1, 0.15) is 259 Å². The van der Waals surface area contributed by atoms with Crippen molar-refractivity contribution in [1.29, 1.82) is 0 Å². The number of carboxylic acid groups (broad SMARTS) is 1. The van der Waals surface area contributed by atoms with E-state index in [1.54, 1.807) is 0 Å². The highest BCUT2D eigenvalue weighted by Crippen LogP contribution is 2.15. The normalized spacial score (nSPS) is 10.9. The molecule has 8 heteroatoms. The molecule has 0 aliphatic carbocycles. The van der Waals surface area contributed by atoms with Crippen LogP contribution in [0.2, 0.25) is 0 Å². The van der Waals surface area contributed by atoms with Crippen molar-refractivity contribution < 1.29 is 29.2 Å². The summed E-state index contributed by atoms with van der Waals surface area (Å²) in [6.45, 7) is 9.87. The number of carbonyl (C=O) groups is 3. The molecular formula is C45H90N2O6. The van der Waals surface area contributed by atoms with Crippen LogP contribution in [0, 0.1) is 0 Å². The number of unbranched alkanes of at least 4 members (excludes halogenated alkanes) is 30. The van der Waals surface area contributed by atoms with Gasteiger partial charge in [-0.2, -0.15) is 5.48 Å². The summed E-state index contributed by atoms with van der Waals surface area (Å²) < 4.78 is 0. The molecule has 0 aliphatic rings. The quantitative estimate of drug-likeness (QED) is 0.0475. The topological polar surface area (TPSA) is 105 Å². The van der Waals surface area contributed by atoms with Crippen LogP contribution in [0.4, 0.5) is 4.79 Å². The number of hydrogen-bond donors (Lipinski definition) is 2. The van der Waals surface area contributed by atoms with Gasteiger partial charge in [-0.25, -0.2) is 9.59 Å². The standard InChI is InChI=1S/C23H45NO4.C22H45NO2/c1-3-5-7-9-10-11-12-13-14-15-16-17-18-20-22(25)28-24(23(26)27)21-19-8-6-4-2;1-3-5-7-9-10-11-12-13-14-15-16-17-18-20-22(24)25-23-21-19-8-6-4-2/h3-21H2,1-2H3,(H,26,27);23H,3-21H2,1-2H3. The molecule has 2 N–H and O–H groups in total. The van der Waals surface area contributed by atoms with Crippen molar-refractivity contribution in [3.63, 3.8) is 0 Å². The Morgan fingerprint density at radius 2 is 0.717 bits per heavy atom. The number of amides is 1. The van der Waals surface area contributed by atoms with Crippen LogP contribution in [0.5, 0.6) is 0 Å². The van der Waals surface area contributed by atoms with Crippen molar-refractivity contribution in [3.8, 4) is 0 Å². The Bertz CT molecular complexity index is 765. The van der Waals surface area contributed by atoms with Crippen molar-refractivity contribution in [2.24, 2.45) is 0 Å². The van der Waals surface area contributed by atoms with Gasteiger partial charge in [-0.15, -0.1) is 5.06 Å². The van der Waals surface area contributed by atoms with E-state index >= 15 is 0 Å². The molecule has 0 radical (unpaired) electrons. The molecule has 0 rings (SSSR count). The first-order valence-corrected chi connectivity index (χ1v) is 23.1. The molecule has 0 saturated heterocycles. The number of nitrogens with one attached hydrogen (secondary N) is 1. The van der Waals surface area contributed by atoms with E-state index in [9.17, 15) is 14.4 Å². The molecular weight excluding hydrogens is 665 g/mol. The number of nitrogens with zero attached hydrogens (tertiary/aromatic N) is 1. The van der Waals surface area contributed by atoms with Crippen LogP contribution in [0.25, 0.3) is 0 Å². The van der Waals surface area contributed by atoms with Crippen molar-refractivity contribution >= 4 is 18.0 Å². The van der Waals surface area contributed by atoms with Gasteiger partial charge in [-0.05, 0) is 25.7 Å². The van der Waals surface area contributed by atoms with Gasteiger partial charge >= 0.3 is 18.0 Å². The molecule has 0 heterocycles. The predicted octanol–water partition coefficient (Wildman–Crippen LogP) is 14.6. The second kappa shape index (κ2) is 46.3. The minimum atomic E-state index is -1.18. The molecule has 0 aromatic carbocycles. The monoisotopic (exact) mass is 755 g/mol. The smallest absolute Gasteiger partial charge is 0.440 e. The van der Waals surface area contributed by atoms with Gasteiger partial charge in [0.2, 0.25) is 0 Å². The largest absolute Gasteiger partial charge is 0.463 e. The zero-order chi connectivity index (χ0) is 39.3. The average Bonchev–Trinajstić information content (AvgIpc) is 3.15. The van der Waals surface area contributed by atoms with E-state index in [0.29, 0.717) is 12.8 Å². The van der Waals surface area contributed by atoms with Gasteiger partial charge in [0, 0.05) is 19.4 Å². The van der Waals surface area contributed by atoms with Crippen LogP contribution in [0.15, 0.2) is 0 Å². The molecule has 0 aliphatic heterocycles. The van der Waals surface area contributed by atoms with E-state index in [1.807, 2.05) is 0 Å². The first-order valence-electron chi connectivity index (χ1n) is 23.1. The average molecular weight is 755 g/mol. The highest BCUT2D eigenvalue weighted by Gasteiger charge is 2.17. The first kappa shape index (κ1) is 53.3. The number of hydrogen-bond acceptors (Lipinski definition) is 6. The van der Waals surface area contributed by atoms with Crippen molar-refractivity contribution in [2.45, 2.75) is 259 Å². The Morgan fingerprint density at radius 3 is 1.08 bits per heavy atom. The van der Waals surface area contributed by atoms with Gasteiger partial charge in [0.25, 0.3) is 0 Å². The first-order chi connectivity index (χ1) is 25.9. The van der Waals surface area contributed by atoms with E-state index in [4.69, 9.17) is 14.8 Å². The summed E-state index contributed by atoms with van der Waals surface area (Å²) >= 11 is 0. The van der Waals surface area contributed by atoms with Gasteiger partial charge < -0.3 is 14.8 Å². The van der Waals surface area contributed by atoms with E-state index in [0.717, 1.165) is 75.8 Å². The summed E-state index contributed by atoms with van der Waals surface area (Å²) in [5, 5.41) is 9.90. The van der Waals surface area contributed by atoms with E-state index in [2.05, 4.69) is 33.2 Å². The summed E-state index contributed by atoms with van der Waals surface area (Å²) in [5.74, 6) is -0.528. The number of carbonyl (C=O) groups excluding carboxylic acids is 2. The zero-order valence-electron chi connectivity index (χ0n) is 35.8. The molecule has 0 fully saturated rings. The Morgan fingerprint density at radius 1 is 0.415 bits per heavy atom. The van der Waals surface area contributed by atoms with Crippen molar-refractivity contribution in [2.75, 3.05) is 13.1 Å². The third kappa shape index (κ3) is 46.2. The fraction of sp³-hybridized carbons (Fsp3) is 0.933. The Labute approximate surface area is 329 Å². The maximum absolute atomic E-state index is 11.8. The molecule has 0 spiro atoms. The Balaban J connectivity index is 0. The van der Waals surface area contributed by atoms with Crippen LogP contribution in [-0.4, -0.2) is 41.3 Å². The summed E-state index contributed by atoms with van der Waals surface area (Å²) in [7, 11) is 0. The van der Waals surface area contributed by atoms with E-state index in [-0.39, 0.29) is 12.5 Å². The van der Waals surface area contributed by atoms with Gasteiger partial charge in [0.05, 0.1) is 6.54 Å². The lowest BCUT2D eigenvalue weighted by molar-refractivity contribution is -0.180. The van der Waals surface area contributed by atoms with Crippen molar-refractivity contribution in [3.05, 3.63) is 0 Å². The highest BCUT2D eigenvalue weighted by molar-refractivity contribution is 5.72.